The van der Waals surface area contributed by atoms with E-state index < -0.39 is 9.84 Å². The van der Waals surface area contributed by atoms with E-state index in [1.54, 1.807) is 0 Å². The van der Waals surface area contributed by atoms with Crippen molar-refractivity contribution in [2.45, 2.75) is 56.9 Å². The lowest BCUT2D eigenvalue weighted by molar-refractivity contribution is 0.126. The van der Waals surface area contributed by atoms with Gasteiger partial charge in [-0.3, -0.25) is 0 Å². The van der Waals surface area contributed by atoms with Crippen molar-refractivity contribution >= 4 is 9.84 Å². The number of ether oxygens (including phenoxy) is 1. The van der Waals surface area contributed by atoms with Crippen LogP contribution >= 0.6 is 0 Å². The van der Waals surface area contributed by atoms with Crippen LogP contribution in [0.4, 0.5) is 0 Å². The summed E-state index contributed by atoms with van der Waals surface area (Å²) in [5.41, 5.74) is 0. The molecule has 17 heavy (non-hydrogen) atoms. The molecule has 0 aromatic carbocycles. The molecular formula is C12H25NO3S. The molecule has 1 heterocycles. The molecule has 3 atom stereocenters. The van der Waals surface area contributed by atoms with E-state index in [9.17, 15) is 8.42 Å². The smallest absolute Gasteiger partial charge is 0.155 e. The van der Waals surface area contributed by atoms with Gasteiger partial charge < -0.3 is 10.1 Å². The van der Waals surface area contributed by atoms with Crippen LogP contribution in [0.25, 0.3) is 0 Å². The Labute approximate surface area is 105 Å². The fraction of sp³-hybridized carbons (Fsp3) is 1.00. The van der Waals surface area contributed by atoms with Crippen LogP contribution in [0.5, 0.6) is 0 Å². The van der Waals surface area contributed by atoms with Gasteiger partial charge in [-0.25, -0.2) is 8.42 Å². The minimum absolute atomic E-state index is 0.133. The third-order valence-electron chi connectivity index (χ3n) is 3.65. The zero-order valence-corrected chi connectivity index (χ0v) is 11.9. The van der Waals surface area contributed by atoms with Gasteiger partial charge >= 0.3 is 0 Å². The van der Waals surface area contributed by atoms with Gasteiger partial charge in [-0.1, -0.05) is 6.92 Å². The molecule has 0 spiro atoms. The van der Waals surface area contributed by atoms with Gasteiger partial charge in [0.15, 0.2) is 9.84 Å². The molecule has 1 aliphatic heterocycles. The first-order valence-corrected chi connectivity index (χ1v) is 8.23. The predicted molar refractivity (Wildman–Crippen MR) is 70.0 cm³/mol. The van der Waals surface area contributed by atoms with Gasteiger partial charge in [0.2, 0.25) is 0 Å². The van der Waals surface area contributed by atoms with E-state index in [1.807, 2.05) is 14.0 Å². The van der Waals surface area contributed by atoms with Crippen molar-refractivity contribution in [3.63, 3.8) is 0 Å². The Bertz CT molecular complexity index is 312. The highest BCUT2D eigenvalue weighted by Crippen LogP contribution is 2.22. The van der Waals surface area contributed by atoms with Crippen molar-refractivity contribution in [3.8, 4) is 0 Å². The van der Waals surface area contributed by atoms with Crippen LogP contribution in [0.15, 0.2) is 0 Å². The summed E-state index contributed by atoms with van der Waals surface area (Å²) in [6.45, 7) is 4.55. The SMILES string of the molecule is CCC(CCCS(=O)(=O)C1CCOC1C)NC. The number of sulfone groups is 1. The van der Waals surface area contributed by atoms with Crippen molar-refractivity contribution in [1.82, 2.24) is 5.32 Å². The second-order valence-electron chi connectivity index (χ2n) is 4.81. The van der Waals surface area contributed by atoms with Crippen molar-refractivity contribution in [2.75, 3.05) is 19.4 Å². The molecule has 0 amide bonds. The summed E-state index contributed by atoms with van der Waals surface area (Å²) in [5, 5.41) is 2.92. The van der Waals surface area contributed by atoms with Crippen molar-refractivity contribution in [2.24, 2.45) is 0 Å². The van der Waals surface area contributed by atoms with Gasteiger partial charge in [0.05, 0.1) is 17.1 Å². The Morgan fingerprint density at radius 1 is 1.47 bits per heavy atom. The Hall–Kier alpha value is -0.130. The van der Waals surface area contributed by atoms with Gasteiger partial charge in [-0.2, -0.15) is 0 Å². The molecule has 0 saturated carbocycles. The molecule has 0 aromatic heterocycles. The van der Waals surface area contributed by atoms with Crippen molar-refractivity contribution in [1.29, 1.82) is 0 Å². The third kappa shape index (κ3) is 4.23. The largest absolute Gasteiger partial charge is 0.377 e. The molecule has 1 rings (SSSR count). The van der Waals surface area contributed by atoms with E-state index in [4.69, 9.17) is 4.74 Å². The van der Waals surface area contributed by atoms with Gasteiger partial charge in [-0.15, -0.1) is 0 Å². The van der Waals surface area contributed by atoms with Gasteiger partial charge in [0.25, 0.3) is 0 Å². The molecule has 102 valence electrons. The summed E-state index contributed by atoms with van der Waals surface area (Å²) in [5.74, 6) is 0.295. The van der Waals surface area contributed by atoms with Crippen LogP contribution in [0.2, 0.25) is 0 Å². The lowest BCUT2D eigenvalue weighted by atomic mass is 10.1. The maximum Gasteiger partial charge on any atom is 0.155 e. The molecule has 0 bridgehead atoms. The van der Waals surface area contributed by atoms with Crippen LogP contribution in [0, 0.1) is 0 Å². The number of rotatable bonds is 7. The van der Waals surface area contributed by atoms with E-state index in [2.05, 4.69) is 12.2 Å². The summed E-state index contributed by atoms with van der Waals surface area (Å²) in [6, 6.07) is 0.433. The minimum Gasteiger partial charge on any atom is -0.377 e. The average Bonchev–Trinajstić information content (AvgIpc) is 2.71. The lowest BCUT2D eigenvalue weighted by Crippen LogP contribution is -2.31. The van der Waals surface area contributed by atoms with Crippen LogP contribution in [-0.2, 0) is 14.6 Å². The first-order valence-electron chi connectivity index (χ1n) is 6.51. The van der Waals surface area contributed by atoms with E-state index in [0.29, 0.717) is 24.8 Å². The Balaban J connectivity index is 2.39. The Morgan fingerprint density at radius 3 is 2.65 bits per heavy atom. The summed E-state index contributed by atoms with van der Waals surface area (Å²) in [7, 11) is -1.05. The average molecular weight is 263 g/mol. The molecular weight excluding hydrogens is 238 g/mol. The zero-order chi connectivity index (χ0) is 12.9. The van der Waals surface area contributed by atoms with E-state index in [1.165, 1.54) is 0 Å². The summed E-state index contributed by atoms with van der Waals surface area (Å²) in [6.07, 6.45) is 3.23. The van der Waals surface area contributed by atoms with Crippen LogP contribution in [0.1, 0.15) is 39.5 Å². The first-order chi connectivity index (χ1) is 8.01. The van der Waals surface area contributed by atoms with Crippen LogP contribution < -0.4 is 5.32 Å². The quantitative estimate of drug-likeness (QED) is 0.753. The normalized spacial score (nSPS) is 27.2. The molecule has 1 aliphatic rings. The Kier molecular flexibility index (Phi) is 5.89. The predicted octanol–water partition coefficient (Wildman–Crippen LogP) is 1.36. The standard InChI is InChI=1S/C12H25NO3S/c1-4-11(13-3)6-5-9-17(14,15)12-7-8-16-10(12)2/h10-13H,4-9H2,1-3H3. The molecule has 1 N–H and O–H groups in total. The summed E-state index contributed by atoms with van der Waals surface area (Å²) >= 11 is 0. The monoisotopic (exact) mass is 263 g/mol. The van der Waals surface area contributed by atoms with Crippen molar-refractivity contribution < 1.29 is 13.2 Å². The third-order valence-corrected chi connectivity index (χ3v) is 6.05. The van der Waals surface area contributed by atoms with Gasteiger partial charge in [0.1, 0.15) is 0 Å². The number of hydrogen-bond donors (Lipinski definition) is 1. The molecule has 4 nitrogen and oxygen atoms in total. The van der Waals surface area contributed by atoms with Gasteiger partial charge in [-0.05, 0) is 39.7 Å². The fourth-order valence-electron chi connectivity index (χ4n) is 2.42. The molecule has 1 fully saturated rings. The van der Waals surface area contributed by atoms with Crippen LogP contribution in [-0.4, -0.2) is 45.2 Å². The fourth-order valence-corrected chi connectivity index (χ4v) is 4.41. The molecule has 1 saturated heterocycles. The zero-order valence-electron chi connectivity index (χ0n) is 11.1. The van der Waals surface area contributed by atoms with Crippen LogP contribution in [0.3, 0.4) is 0 Å². The summed E-state index contributed by atoms with van der Waals surface area (Å²) < 4.78 is 29.5. The molecule has 0 aliphatic carbocycles. The molecule has 5 heteroatoms. The number of hydrogen-bond acceptors (Lipinski definition) is 4. The highest BCUT2D eigenvalue weighted by atomic mass is 32.2. The topological polar surface area (TPSA) is 55.4 Å². The number of nitrogens with one attached hydrogen (secondary N) is 1. The highest BCUT2D eigenvalue weighted by Gasteiger charge is 2.35. The second-order valence-corrected chi connectivity index (χ2v) is 7.15. The molecule has 0 aromatic rings. The highest BCUT2D eigenvalue weighted by molar-refractivity contribution is 7.92. The van der Waals surface area contributed by atoms with Crippen molar-refractivity contribution in [3.05, 3.63) is 0 Å². The van der Waals surface area contributed by atoms with E-state index in [0.717, 1.165) is 19.3 Å². The Morgan fingerprint density at radius 2 is 2.18 bits per heavy atom. The lowest BCUT2D eigenvalue weighted by Gasteiger charge is -2.17. The summed E-state index contributed by atoms with van der Waals surface area (Å²) in [4.78, 5) is 0. The van der Waals surface area contributed by atoms with E-state index >= 15 is 0 Å². The molecule has 3 unspecified atom stereocenters. The maximum atomic E-state index is 12.1. The first kappa shape index (κ1) is 14.9. The molecule has 0 radical (unpaired) electrons. The maximum absolute atomic E-state index is 12.1. The minimum atomic E-state index is -2.97. The second kappa shape index (κ2) is 6.71. The van der Waals surface area contributed by atoms with Gasteiger partial charge in [0, 0.05) is 12.6 Å². The van der Waals surface area contributed by atoms with E-state index in [-0.39, 0.29) is 11.4 Å².